The molecule has 1 saturated heterocycles. The van der Waals surface area contributed by atoms with Crippen LogP contribution in [0.2, 0.25) is 10.0 Å². The zero-order valence-corrected chi connectivity index (χ0v) is 13.2. The molecule has 106 valence electrons. The Hall–Kier alpha value is -0.440. The zero-order chi connectivity index (χ0) is 14.2. The van der Waals surface area contributed by atoms with Crippen LogP contribution in [0.3, 0.4) is 0 Å². The van der Waals surface area contributed by atoms with Crippen molar-refractivity contribution in [3.63, 3.8) is 0 Å². The normalized spacial score (nSPS) is 28.6. The van der Waals surface area contributed by atoms with Crippen LogP contribution in [0.15, 0.2) is 12.1 Å². The molecule has 2 rings (SSSR count). The molecule has 0 radical (unpaired) electrons. The zero-order valence-electron chi connectivity index (χ0n) is 11.7. The van der Waals surface area contributed by atoms with E-state index in [0.717, 1.165) is 12.1 Å². The summed E-state index contributed by atoms with van der Waals surface area (Å²) in [6.45, 7) is 8.56. The highest BCUT2D eigenvalue weighted by molar-refractivity contribution is 6.35. The van der Waals surface area contributed by atoms with Crippen molar-refractivity contribution in [2.45, 2.75) is 39.8 Å². The third kappa shape index (κ3) is 3.36. The van der Waals surface area contributed by atoms with Crippen LogP contribution in [0, 0.1) is 11.8 Å². The minimum atomic E-state index is 0.157. The molecule has 0 bridgehead atoms. The summed E-state index contributed by atoms with van der Waals surface area (Å²) in [7, 11) is 0. The predicted octanol–water partition coefficient (Wildman–Crippen LogP) is 4.57. The third-order valence-electron chi connectivity index (χ3n) is 4.20. The number of phenols is 1. The maximum atomic E-state index is 10.1. The summed E-state index contributed by atoms with van der Waals surface area (Å²) < 4.78 is 0. The van der Waals surface area contributed by atoms with Gasteiger partial charge in [0, 0.05) is 29.7 Å². The molecule has 3 unspecified atom stereocenters. The molecule has 3 atom stereocenters. The number of rotatable bonds is 2. The van der Waals surface area contributed by atoms with Gasteiger partial charge in [-0.2, -0.15) is 0 Å². The molecule has 1 aromatic rings. The fourth-order valence-corrected chi connectivity index (χ4v) is 3.54. The number of likely N-dealkylation sites (tertiary alicyclic amines) is 1. The molecule has 0 aliphatic carbocycles. The minimum absolute atomic E-state index is 0.157. The predicted molar refractivity (Wildman–Crippen MR) is 80.9 cm³/mol. The number of halogens is 2. The molecular formula is C15H21Cl2NO. The van der Waals surface area contributed by atoms with Crippen molar-refractivity contribution < 1.29 is 5.11 Å². The van der Waals surface area contributed by atoms with Crippen molar-refractivity contribution in [3.8, 4) is 5.75 Å². The molecule has 0 saturated carbocycles. The largest absolute Gasteiger partial charge is 0.506 e. The van der Waals surface area contributed by atoms with Gasteiger partial charge >= 0.3 is 0 Å². The molecule has 1 N–H and O–H groups in total. The van der Waals surface area contributed by atoms with Crippen LogP contribution in [0.5, 0.6) is 5.75 Å². The number of hydrogen-bond donors (Lipinski definition) is 1. The summed E-state index contributed by atoms with van der Waals surface area (Å²) in [5.74, 6) is 1.51. The van der Waals surface area contributed by atoms with E-state index in [1.54, 1.807) is 12.1 Å². The average Bonchev–Trinajstić information content (AvgIpc) is 2.31. The van der Waals surface area contributed by atoms with Crippen molar-refractivity contribution in [3.05, 3.63) is 27.7 Å². The molecule has 1 aliphatic heterocycles. The van der Waals surface area contributed by atoms with E-state index < -0.39 is 0 Å². The van der Waals surface area contributed by atoms with E-state index in [4.69, 9.17) is 23.2 Å². The van der Waals surface area contributed by atoms with Gasteiger partial charge in [-0.1, -0.05) is 37.0 Å². The molecule has 1 fully saturated rings. The van der Waals surface area contributed by atoms with Crippen molar-refractivity contribution in [1.29, 1.82) is 0 Å². The molecule has 0 spiro atoms. The summed E-state index contributed by atoms with van der Waals surface area (Å²) in [6.07, 6.45) is 1.26. The van der Waals surface area contributed by atoms with E-state index in [0.29, 0.717) is 34.5 Å². The number of aromatic hydroxyl groups is 1. The van der Waals surface area contributed by atoms with E-state index in [1.165, 1.54) is 6.42 Å². The molecule has 19 heavy (non-hydrogen) atoms. The molecule has 0 aromatic heterocycles. The Balaban J connectivity index is 2.20. The van der Waals surface area contributed by atoms with Gasteiger partial charge in [0.25, 0.3) is 0 Å². The van der Waals surface area contributed by atoms with Crippen LogP contribution in [0.25, 0.3) is 0 Å². The van der Waals surface area contributed by atoms with E-state index in [-0.39, 0.29) is 5.75 Å². The summed E-state index contributed by atoms with van der Waals surface area (Å²) in [6, 6.07) is 3.89. The van der Waals surface area contributed by atoms with E-state index in [9.17, 15) is 5.11 Å². The SMILES string of the molecule is CC1CC(C)C(C)N(Cc2cc(Cl)cc(Cl)c2O)C1. The molecule has 2 nitrogen and oxygen atoms in total. The first-order valence-electron chi connectivity index (χ1n) is 6.79. The number of nitrogens with zero attached hydrogens (tertiary/aromatic N) is 1. The fraction of sp³-hybridized carbons (Fsp3) is 0.600. The molecule has 1 heterocycles. The molecule has 1 aliphatic rings. The van der Waals surface area contributed by atoms with Crippen LogP contribution >= 0.6 is 23.2 Å². The summed E-state index contributed by atoms with van der Waals surface area (Å²) >= 11 is 12.0. The monoisotopic (exact) mass is 301 g/mol. The fourth-order valence-electron chi connectivity index (χ4n) is 3.00. The average molecular weight is 302 g/mol. The molecule has 0 amide bonds. The van der Waals surface area contributed by atoms with Gasteiger partial charge in [-0.15, -0.1) is 0 Å². The van der Waals surface area contributed by atoms with Crippen LogP contribution in [-0.4, -0.2) is 22.6 Å². The Morgan fingerprint density at radius 2 is 1.95 bits per heavy atom. The van der Waals surface area contributed by atoms with Crippen molar-refractivity contribution in [1.82, 2.24) is 4.90 Å². The highest BCUT2D eigenvalue weighted by Crippen LogP contribution is 2.34. The lowest BCUT2D eigenvalue weighted by Crippen LogP contribution is -2.45. The maximum Gasteiger partial charge on any atom is 0.138 e. The number of piperidine rings is 1. The van der Waals surface area contributed by atoms with Gasteiger partial charge in [-0.25, -0.2) is 0 Å². The van der Waals surface area contributed by atoms with Gasteiger partial charge in [0.05, 0.1) is 5.02 Å². The number of benzene rings is 1. The van der Waals surface area contributed by atoms with Crippen molar-refractivity contribution in [2.75, 3.05) is 6.54 Å². The van der Waals surface area contributed by atoms with Crippen molar-refractivity contribution in [2.24, 2.45) is 11.8 Å². The number of hydrogen-bond acceptors (Lipinski definition) is 2. The Bertz CT molecular complexity index is 464. The Morgan fingerprint density at radius 3 is 2.63 bits per heavy atom. The summed E-state index contributed by atoms with van der Waals surface area (Å²) in [5.41, 5.74) is 0.811. The van der Waals surface area contributed by atoms with E-state index in [2.05, 4.69) is 25.7 Å². The Kier molecular flexibility index (Phi) is 4.65. The Labute approximate surface area is 125 Å². The summed E-state index contributed by atoms with van der Waals surface area (Å²) in [4.78, 5) is 2.40. The van der Waals surface area contributed by atoms with Crippen LogP contribution in [0.4, 0.5) is 0 Å². The van der Waals surface area contributed by atoms with Gasteiger partial charge in [0.15, 0.2) is 0 Å². The van der Waals surface area contributed by atoms with Gasteiger partial charge in [0.1, 0.15) is 5.75 Å². The molecular weight excluding hydrogens is 281 g/mol. The highest BCUT2D eigenvalue weighted by atomic mass is 35.5. The van der Waals surface area contributed by atoms with Gasteiger partial charge in [-0.3, -0.25) is 4.90 Å². The Morgan fingerprint density at radius 1 is 1.26 bits per heavy atom. The minimum Gasteiger partial charge on any atom is -0.506 e. The smallest absolute Gasteiger partial charge is 0.138 e. The van der Waals surface area contributed by atoms with Crippen molar-refractivity contribution >= 4 is 23.2 Å². The first-order valence-corrected chi connectivity index (χ1v) is 7.55. The van der Waals surface area contributed by atoms with Crippen LogP contribution < -0.4 is 0 Å². The quantitative estimate of drug-likeness (QED) is 0.865. The lowest BCUT2D eigenvalue weighted by atomic mass is 9.86. The topological polar surface area (TPSA) is 23.5 Å². The van der Waals surface area contributed by atoms with Gasteiger partial charge < -0.3 is 5.11 Å². The highest BCUT2D eigenvalue weighted by Gasteiger charge is 2.29. The van der Waals surface area contributed by atoms with Gasteiger partial charge in [-0.05, 0) is 37.3 Å². The first kappa shape index (κ1) is 15.0. The second-order valence-corrected chi connectivity index (χ2v) is 6.73. The van der Waals surface area contributed by atoms with E-state index in [1.807, 2.05) is 0 Å². The second-order valence-electron chi connectivity index (χ2n) is 5.88. The molecule has 1 aromatic carbocycles. The third-order valence-corrected chi connectivity index (χ3v) is 4.71. The lowest BCUT2D eigenvalue weighted by molar-refractivity contribution is 0.0723. The standard InChI is InChI=1S/C15H21Cl2NO/c1-9-4-10(2)11(3)18(7-9)8-12-5-13(16)6-14(17)15(12)19/h5-6,9-11,19H,4,7-8H2,1-3H3. The lowest BCUT2D eigenvalue weighted by Gasteiger charge is -2.41. The van der Waals surface area contributed by atoms with Crippen LogP contribution in [-0.2, 0) is 6.54 Å². The summed E-state index contributed by atoms with van der Waals surface area (Å²) in [5, 5.41) is 11.0. The number of phenolic OH excluding ortho intramolecular Hbond substituents is 1. The molecule has 4 heteroatoms. The second kappa shape index (κ2) is 5.90. The maximum absolute atomic E-state index is 10.1. The van der Waals surface area contributed by atoms with Crippen LogP contribution in [0.1, 0.15) is 32.8 Å². The first-order chi connectivity index (χ1) is 8.88. The van der Waals surface area contributed by atoms with E-state index >= 15 is 0 Å². The van der Waals surface area contributed by atoms with Gasteiger partial charge in [0.2, 0.25) is 0 Å².